The summed E-state index contributed by atoms with van der Waals surface area (Å²) in [5, 5.41) is 0. The molecular formula is C15H17NO7. The van der Waals surface area contributed by atoms with E-state index in [-0.39, 0.29) is 19.6 Å². The van der Waals surface area contributed by atoms with Crippen molar-refractivity contribution in [2.24, 2.45) is 0 Å². The van der Waals surface area contributed by atoms with Gasteiger partial charge < -0.3 is 18.9 Å². The van der Waals surface area contributed by atoms with Crippen LogP contribution in [0.3, 0.4) is 0 Å². The van der Waals surface area contributed by atoms with Gasteiger partial charge in [-0.1, -0.05) is 6.07 Å². The first-order valence-electron chi connectivity index (χ1n) is 6.88. The average molecular weight is 323 g/mol. The number of cyclic esters (lactones) is 1. The molecule has 1 aliphatic heterocycles. The fourth-order valence-corrected chi connectivity index (χ4v) is 2.05. The lowest BCUT2D eigenvalue weighted by Gasteiger charge is -2.11. The second-order valence-corrected chi connectivity index (χ2v) is 4.69. The molecule has 8 nitrogen and oxygen atoms in total. The van der Waals surface area contributed by atoms with Crippen LogP contribution >= 0.6 is 0 Å². The van der Waals surface area contributed by atoms with E-state index in [9.17, 15) is 14.4 Å². The van der Waals surface area contributed by atoms with Crippen LogP contribution in [0.25, 0.3) is 0 Å². The lowest BCUT2D eigenvalue weighted by atomic mass is 10.1. The van der Waals surface area contributed by atoms with Gasteiger partial charge in [0.2, 0.25) is 0 Å². The van der Waals surface area contributed by atoms with Gasteiger partial charge >= 0.3 is 12.1 Å². The fraction of sp³-hybridized carbons (Fsp3) is 0.400. The topological polar surface area (TPSA) is 91.4 Å². The highest BCUT2D eigenvalue weighted by Crippen LogP contribution is 2.27. The molecule has 1 heterocycles. The minimum absolute atomic E-state index is 0.0297. The molecule has 23 heavy (non-hydrogen) atoms. The standard InChI is InChI=1S/C15H17NO7/c1-20-11-4-3-10(7-12(11)21-2)8-14(18)23-9-13(17)16-5-6-22-15(16)19/h3-4,7H,5-6,8-9H2,1-2H3. The number of hydrogen-bond acceptors (Lipinski definition) is 7. The summed E-state index contributed by atoms with van der Waals surface area (Å²) in [6.07, 6.45) is -0.746. The minimum Gasteiger partial charge on any atom is -0.493 e. The van der Waals surface area contributed by atoms with Crippen molar-refractivity contribution in [1.29, 1.82) is 0 Å². The van der Waals surface area contributed by atoms with Crippen molar-refractivity contribution in [3.63, 3.8) is 0 Å². The smallest absolute Gasteiger partial charge is 0.416 e. The number of carbonyl (C=O) groups is 3. The van der Waals surface area contributed by atoms with Crippen LogP contribution in [0, 0.1) is 0 Å². The summed E-state index contributed by atoms with van der Waals surface area (Å²) in [5.41, 5.74) is 0.653. The third-order valence-corrected chi connectivity index (χ3v) is 3.21. The lowest BCUT2D eigenvalue weighted by Crippen LogP contribution is -2.35. The summed E-state index contributed by atoms with van der Waals surface area (Å²) in [7, 11) is 3.01. The van der Waals surface area contributed by atoms with Crippen LogP contribution in [0.1, 0.15) is 5.56 Å². The van der Waals surface area contributed by atoms with E-state index in [1.54, 1.807) is 18.2 Å². The van der Waals surface area contributed by atoms with Gasteiger partial charge in [-0.25, -0.2) is 9.69 Å². The number of benzene rings is 1. The van der Waals surface area contributed by atoms with Gasteiger partial charge in [-0.15, -0.1) is 0 Å². The molecule has 0 bridgehead atoms. The van der Waals surface area contributed by atoms with Gasteiger partial charge in [-0.2, -0.15) is 0 Å². The van der Waals surface area contributed by atoms with Gasteiger partial charge in [0.25, 0.3) is 5.91 Å². The number of hydrogen-bond donors (Lipinski definition) is 0. The summed E-state index contributed by atoms with van der Waals surface area (Å²) in [4.78, 5) is 35.6. The highest BCUT2D eigenvalue weighted by atomic mass is 16.6. The maximum atomic E-state index is 11.8. The number of esters is 1. The fourth-order valence-electron chi connectivity index (χ4n) is 2.05. The zero-order chi connectivity index (χ0) is 16.8. The summed E-state index contributed by atoms with van der Waals surface area (Å²) in [5.74, 6) is -0.146. The van der Waals surface area contributed by atoms with Crippen LogP contribution < -0.4 is 9.47 Å². The van der Waals surface area contributed by atoms with Gasteiger partial charge in [0.1, 0.15) is 6.61 Å². The Hall–Kier alpha value is -2.77. The minimum atomic E-state index is -0.717. The first-order chi connectivity index (χ1) is 11.0. The van der Waals surface area contributed by atoms with Gasteiger partial charge in [-0.3, -0.25) is 9.59 Å². The maximum absolute atomic E-state index is 11.8. The molecular weight excluding hydrogens is 306 g/mol. The molecule has 2 amide bonds. The molecule has 124 valence electrons. The van der Waals surface area contributed by atoms with E-state index in [4.69, 9.17) is 14.2 Å². The number of imide groups is 1. The van der Waals surface area contributed by atoms with Crippen molar-refractivity contribution in [1.82, 2.24) is 4.90 Å². The van der Waals surface area contributed by atoms with E-state index in [1.165, 1.54) is 14.2 Å². The number of ether oxygens (including phenoxy) is 4. The molecule has 0 unspecified atom stereocenters. The molecule has 0 aliphatic carbocycles. The Kier molecular flexibility index (Phi) is 5.40. The molecule has 1 aromatic rings. The Morgan fingerprint density at radius 3 is 2.57 bits per heavy atom. The average Bonchev–Trinajstić information content (AvgIpc) is 2.98. The number of nitrogens with zero attached hydrogens (tertiary/aromatic N) is 1. The van der Waals surface area contributed by atoms with Crippen molar-refractivity contribution in [2.75, 3.05) is 34.0 Å². The number of methoxy groups -OCH3 is 2. The van der Waals surface area contributed by atoms with Gasteiger partial charge in [-0.05, 0) is 17.7 Å². The third-order valence-electron chi connectivity index (χ3n) is 3.21. The predicted molar refractivity (Wildman–Crippen MR) is 77.3 cm³/mol. The van der Waals surface area contributed by atoms with Crippen molar-refractivity contribution < 1.29 is 33.3 Å². The summed E-state index contributed by atoms with van der Waals surface area (Å²) in [6.45, 7) is -0.170. The van der Waals surface area contributed by atoms with Crippen molar-refractivity contribution >= 4 is 18.0 Å². The lowest BCUT2D eigenvalue weighted by molar-refractivity contribution is -0.150. The molecule has 0 N–H and O–H groups in total. The molecule has 0 radical (unpaired) electrons. The van der Waals surface area contributed by atoms with Crippen molar-refractivity contribution in [3.8, 4) is 11.5 Å². The van der Waals surface area contributed by atoms with E-state index in [1.807, 2.05) is 0 Å². The number of rotatable bonds is 6. The predicted octanol–water partition coefficient (Wildman–Crippen LogP) is 0.768. The second kappa shape index (κ2) is 7.48. The van der Waals surface area contributed by atoms with Gasteiger partial charge in [0.15, 0.2) is 18.1 Å². The zero-order valence-corrected chi connectivity index (χ0v) is 12.9. The Morgan fingerprint density at radius 1 is 1.22 bits per heavy atom. The van der Waals surface area contributed by atoms with E-state index in [0.717, 1.165) is 4.90 Å². The summed E-state index contributed by atoms with van der Waals surface area (Å²) >= 11 is 0. The van der Waals surface area contributed by atoms with Crippen LogP contribution in [0.2, 0.25) is 0 Å². The van der Waals surface area contributed by atoms with Crippen LogP contribution in [0.15, 0.2) is 18.2 Å². The van der Waals surface area contributed by atoms with E-state index >= 15 is 0 Å². The molecule has 1 aliphatic rings. The summed E-state index contributed by atoms with van der Waals surface area (Å²) < 4.78 is 19.8. The Bertz CT molecular complexity index is 614. The Labute approximate surface area is 132 Å². The molecule has 2 rings (SSSR count). The first-order valence-corrected chi connectivity index (χ1v) is 6.88. The Balaban J connectivity index is 1.87. The second-order valence-electron chi connectivity index (χ2n) is 4.69. The molecule has 1 saturated heterocycles. The van der Waals surface area contributed by atoms with Crippen LogP contribution in [-0.2, 0) is 25.5 Å². The zero-order valence-electron chi connectivity index (χ0n) is 12.9. The van der Waals surface area contributed by atoms with E-state index in [2.05, 4.69) is 4.74 Å². The van der Waals surface area contributed by atoms with Crippen molar-refractivity contribution in [3.05, 3.63) is 23.8 Å². The highest BCUT2D eigenvalue weighted by molar-refractivity contribution is 5.94. The van der Waals surface area contributed by atoms with Crippen LogP contribution in [0.5, 0.6) is 11.5 Å². The normalized spacial score (nSPS) is 13.5. The summed E-state index contributed by atoms with van der Waals surface area (Å²) in [6, 6.07) is 5.02. The van der Waals surface area contributed by atoms with Crippen molar-refractivity contribution in [2.45, 2.75) is 6.42 Å². The SMILES string of the molecule is COc1ccc(CC(=O)OCC(=O)N2CCOC2=O)cc1OC. The van der Waals surface area contributed by atoms with Crippen LogP contribution in [-0.4, -0.2) is 56.8 Å². The maximum Gasteiger partial charge on any atom is 0.416 e. The monoisotopic (exact) mass is 323 g/mol. The van der Waals surface area contributed by atoms with Gasteiger partial charge in [0, 0.05) is 0 Å². The van der Waals surface area contributed by atoms with E-state index in [0.29, 0.717) is 17.1 Å². The number of carbonyl (C=O) groups excluding carboxylic acids is 3. The van der Waals surface area contributed by atoms with Gasteiger partial charge in [0.05, 0.1) is 27.2 Å². The third kappa shape index (κ3) is 4.12. The molecule has 1 fully saturated rings. The largest absolute Gasteiger partial charge is 0.493 e. The quantitative estimate of drug-likeness (QED) is 0.714. The van der Waals surface area contributed by atoms with Crippen LogP contribution in [0.4, 0.5) is 4.79 Å². The molecule has 0 atom stereocenters. The molecule has 8 heteroatoms. The first kappa shape index (κ1) is 16.6. The number of amides is 2. The Morgan fingerprint density at radius 2 is 1.96 bits per heavy atom. The highest BCUT2D eigenvalue weighted by Gasteiger charge is 2.28. The molecule has 0 spiro atoms. The molecule has 0 saturated carbocycles. The molecule has 0 aromatic heterocycles. The van der Waals surface area contributed by atoms with E-state index < -0.39 is 24.6 Å². The molecule has 1 aromatic carbocycles.